The fraction of sp³-hybridized carbons (Fsp3) is 0.375. The predicted molar refractivity (Wildman–Crippen MR) is 122 cm³/mol. The Hall–Kier alpha value is -3.15. The number of nitrogens with zero attached hydrogens (tertiary/aromatic N) is 3. The van der Waals surface area contributed by atoms with Crippen molar-refractivity contribution in [2.45, 2.75) is 44.7 Å². The van der Waals surface area contributed by atoms with E-state index in [1.807, 2.05) is 68.4 Å². The molecule has 6 nitrogen and oxygen atoms in total. The number of fused-ring (bicyclic) bond motifs is 1. The summed E-state index contributed by atoms with van der Waals surface area (Å²) in [6.45, 7) is 2.02. The van der Waals surface area contributed by atoms with Crippen LogP contribution in [0.5, 0.6) is 0 Å². The van der Waals surface area contributed by atoms with Crippen molar-refractivity contribution in [3.8, 4) is 0 Å². The summed E-state index contributed by atoms with van der Waals surface area (Å²) in [5, 5.41) is 7.75. The van der Waals surface area contributed by atoms with Crippen molar-refractivity contribution in [2.75, 3.05) is 24.3 Å². The average Bonchev–Trinajstić information content (AvgIpc) is 2.75. The first-order chi connectivity index (χ1) is 14.5. The van der Waals surface area contributed by atoms with Gasteiger partial charge >= 0.3 is 0 Å². The molecule has 1 aromatic heterocycles. The molecule has 0 unspecified atom stereocenters. The van der Waals surface area contributed by atoms with E-state index in [1.165, 1.54) is 0 Å². The molecule has 0 radical (unpaired) electrons. The van der Waals surface area contributed by atoms with Gasteiger partial charge in [0, 0.05) is 37.1 Å². The van der Waals surface area contributed by atoms with Crippen molar-refractivity contribution < 1.29 is 4.79 Å². The molecule has 4 rings (SSSR count). The second-order valence-electron chi connectivity index (χ2n) is 8.31. The normalized spacial score (nSPS) is 18.8. The Bertz CT molecular complexity index is 1020. The molecule has 30 heavy (non-hydrogen) atoms. The van der Waals surface area contributed by atoms with Gasteiger partial charge in [0.25, 0.3) is 5.91 Å². The molecule has 1 heterocycles. The molecule has 1 aliphatic rings. The lowest BCUT2D eigenvalue weighted by Gasteiger charge is -2.30. The predicted octanol–water partition coefficient (Wildman–Crippen LogP) is 4.16. The molecular weight excluding hydrogens is 374 g/mol. The quantitative estimate of drug-likeness (QED) is 0.669. The van der Waals surface area contributed by atoms with Gasteiger partial charge < -0.3 is 15.5 Å². The number of para-hydroxylation sites is 1. The topological polar surface area (TPSA) is 70.2 Å². The summed E-state index contributed by atoms with van der Waals surface area (Å²) in [6.07, 6.45) is 3.85. The molecule has 1 fully saturated rings. The van der Waals surface area contributed by atoms with Gasteiger partial charge in [0.15, 0.2) is 0 Å². The van der Waals surface area contributed by atoms with Gasteiger partial charge in [-0.2, -0.15) is 4.98 Å². The highest BCUT2D eigenvalue weighted by Crippen LogP contribution is 2.26. The van der Waals surface area contributed by atoms with E-state index < -0.39 is 0 Å². The van der Waals surface area contributed by atoms with Gasteiger partial charge in [-0.25, -0.2) is 4.98 Å². The van der Waals surface area contributed by atoms with Crippen LogP contribution in [0.25, 0.3) is 10.9 Å². The Kier molecular flexibility index (Phi) is 5.84. The molecule has 156 valence electrons. The number of nitrogens with one attached hydrogen (secondary N) is 2. The highest BCUT2D eigenvalue weighted by molar-refractivity contribution is 5.94. The van der Waals surface area contributed by atoms with E-state index in [2.05, 4.69) is 16.7 Å². The summed E-state index contributed by atoms with van der Waals surface area (Å²) in [4.78, 5) is 23.9. The van der Waals surface area contributed by atoms with Crippen LogP contribution in [-0.2, 0) is 0 Å². The molecule has 1 saturated carbocycles. The molecule has 3 aromatic rings. The zero-order valence-electron chi connectivity index (χ0n) is 17.9. The molecule has 0 spiro atoms. The van der Waals surface area contributed by atoms with E-state index >= 15 is 0 Å². The van der Waals surface area contributed by atoms with Crippen LogP contribution in [0.15, 0.2) is 48.5 Å². The number of amides is 1. The smallest absolute Gasteiger partial charge is 0.251 e. The van der Waals surface area contributed by atoms with Crippen molar-refractivity contribution in [3.63, 3.8) is 0 Å². The largest absolute Gasteiger partial charge is 0.362 e. The molecule has 0 aliphatic heterocycles. The summed E-state index contributed by atoms with van der Waals surface area (Å²) in [7, 11) is 4.00. The van der Waals surface area contributed by atoms with Crippen LogP contribution in [0.1, 0.15) is 41.6 Å². The van der Waals surface area contributed by atoms with E-state index in [-0.39, 0.29) is 11.9 Å². The van der Waals surface area contributed by atoms with Crippen LogP contribution >= 0.6 is 0 Å². The number of benzene rings is 2. The average molecular weight is 404 g/mol. The summed E-state index contributed by atoms with van der Waals surface area (Å²) in [5.41, 5.74) is 2.82. The molecule has 1 aliphatic carbocycles. The van der Waals surface area contributed by atoms with Gasteiger partial charge in [-0.05, 0) is 56.9 Å². The van der Waals surface area contributed by atoms with Gasteiger partial charge in [-0.1, -0.05) is 29.8 Å². The summed E-state index contributed by atoms with van der Waals surface area (Å²) in [6, 6.07) is 16.3. The Balaban J connectivity index is 1.37. The molecule has 1 amide bonds. The monoisotopic (exact) mass is 403 g/mol. The van der Waals surface area contributed by atoms with Crippen LogP contribution in [0, 0.1) is 6.92 Å². The minimum absolute atomic E-state index is 0.0138. The Labute approximate surface area is 177 Å². The highest BCUT2D eigenvalue weighted by atomic mass is 16.1. The minimum atomic E-state index is 0.0138. The van der Waals surface area contributed by atoms with Crippen LogP contribution in [0.2, 0.25) is 0 Å². The number of anilines is 2. The first-order valence-electron chi connectivity index (χ1n) is 10.6. The Morgan fingerprint density at radius 2 is 1.60 bits per heavy atom. The fourth-order valence-electron chi connectivity index (χ4n) is 4.00. The lowest BCUT2D eigenvalue weighted by molar-refractivity contribution is 0.0926. The number of hydrogen-bond donors (Lipinski definition) is 2. The third-order valence-electron chi connectivity index (χ3n) is 5.72. The van der Waals surface area contributed by atoms with Crippen LogP contribution < -0.4 is 15.5 Å². The van der Waals surface area contributed by atoms with Crippen molar-refractivity contribution in [1.29, 1.82) is 0 Å². The molecule has 0 atom stereocenters. The second-order valence-corrected chi connectivity index (χ2v) is 8.31. The molecule has 2 aromatic carbocycles. The molecule has 0 saturated heterocycles. The maximum absolute atomic E-state index is 12.5. The van der Waals surface area contributed by atoms with E-state index in [9.17, 15) is 4.79 Å². The van der Waals surface area contributed by atoms with E-state index in [1.54, 1.807) is 0 Å². The van der Waals surface area contributed by atoms with Gasteiger partial charge in [0.2, 0.25) is 5.95 Å². The van der Waals surface area contributed by atoms with Crippen molar-refractivity contribution in [1.82, 2.24) is 15.3 Å². The molecular formula is C24H29N5O. The molecule has 0 bridgehead atoms. The van der Waals surface area contributed by atoms with E-state index in [4.69, 9.17) is 9.97 Å². The van der Waals surface area contributed by atoms with Gasteiger partial charge in [0.05, 0.1) is 5.52 Å². The van der Waals surface area contributed by atoms with Crippen molar-refractivity contribution >= 4 is 28.6 Å². The van der Waals surface area contributed by atoms with E-state index in [0.29, 0.717) is 12.0 Å². The maximum atomic E-state index is 12.5. The summed E-state index contributed by atoms with van der Waals surface area (Å²) in [5.74, 6) is 1.60. The minimum Gasteiger partial charge on any atom is -0.362 e. The van der Waals surface area contributed by atoms with Crippen LogP contribution in [0.4, 0.5) is 11.8 Å². The maximum Gasteiger partial charge on any atom is 0.251 e. The third kappa shape index (κ3) is 4.53. The highest BCUT2D eigenvalue weighted by Gasteiger charge is 2.23. The van der Waals surface area contributed by atoms with E-state index in [0.717, 1.165) is 53.5 Å². The van der Waals surface area contributed by atoms with Crippen LogP contribution in [0.3, 0.4) is 0 Å². The molecule has 6 heteroatoms. The number of aromatic nitrogens is 2. The zero-order valence-corrected chi connectivity index (χ0v) is 17.9. The zero-order chi connectivity index (χ0) is 21.1. The number of hydrogen-bond acceptors (Lipinski definition) is 5. The number of carbonyl (C=O) groups excluding carboxylic acids is 1. The number of carbonyl (C=O) groups is 1. The van der Waals surface area contributed by atoms with Gasteiger partial charge in [0.1, 0.15) is 5.82 Å². The molecule has 2 N–H and O–H groups in total. The lowest BCUT2D eigenvalue weighted by atomic mass is 9.91. The van der Waals surface area contributed by atoms with Crippen molar-refractivity contribution in [3.05, 3.63) is 59.7 Å². The Morgan fingerprint density at radius 3 is 2.30 bits per heavy atom. The van der Waals surface area contributed by atoms with Crippen LogP contribution in [-0.4, -0.2) is 42.1 Å². The SMILES string of the molecule is Cc1ccc(C(=O)N[C@H]2CC[C@@H](Nc3nc(N(C)C)c4ccccc4n3)CC2)cc1. The van der Waals surface area contributed by atoms with Crippen molar-refractivity contribution in [2.24, 2.45) is 0 Å². The third-order valence-corrected chi connectivity index (χ3v) is 5.72. The first-order valence-corrected chi connectivity index (χ1v) is 10.6. The fourth-order valence-corrected chi connectivity index (χ4v) is 4.00. The Morgan fingerprint density at radius 1 is 0.933 bits per heavy atom. The summed E-state index contributed by atoms with van der Waals surface area (Å²) >= 11 is 0. The number of rotatable bonds is 5. The first kappa shape index (κ1) is 20.1. The lowest BCUT2D eigenvalue weighted by Crippen LogP contribution is -2.40. The summed E-state index contributed by atoms with van der Waals surface area (Å²) < 4.78 is 0. The van der Waals surface area contributed by atoms with Gasteiger partial charge in [-0.15, -0.1) is 0 Å². The standard InChI is InChI=1S/C24H29N5O/c1-16-8-10-17(11-9-16)23(30)25-18-12-14-19(15-13-18)26-24-27-21-7-5-4-6-20(21)22(28-24)29(2)3/h4-11,18-19H,12-15H2,1-3H3,(H,25,30)(H,26,27,28)/t18-,19+. The number of aryl methyl sites for hydroxylation is 1. The second kappa shape index (κ2) is 8.69. The van der Waals surface area contributed by atoms with Gasteiger partial charge in [-0.3, -0.25) is 4.79 Å².